The van der Waals surface area contributed by atoms with Gasteiger partial charge >= 0.3 is 0 Å². The molecular weight excluding hydrogens is 538 g/mol. The number of likely N-dealkylation sites (N-methyl/N-ethyl adjacent to an activating group) is 2. The largest absolute Gasteiger partial charge is 1.00 e. The van der Waals surface area contributed by atoms with Gasteiger partial charge in [-0.3, -0.25) is 0 Å². The molecule has 0 aromatic rings. The van der Waals surface area contributed by atoms with Gasteiger partial charge in [0.25, 0.3) is 0 Å². The van der Waals surface area contributed by atoms with Gasteiger partial charge in [0.05, 0.1) is 55.5 Å². The highest BCUT2D eigenvalue weighted by Gasteiger charge is 2.31. The summed E-state index contributed by atoms with van der Waals surface area (Å²) in [7, 11) is 12.9. The number of hydrogen-bond acceptors (Lipinski definition) is 4. The molecule has 0 bridgehead atoms. The third-order valence-electron chi connectivity index (χ3n) is 3.47. The standard InChI is InChI=1S/C16H32N2O4.2HI/c1-17(2,3)9-13-11-19-15(21-13)7-8-16-20-12-14(22-16)10-18(4,5)6;;/h7-8,13-16H,9-12H2,1-6H3;2*1H/q+2;;/p-2. The lowest BCUT2D eigenvalue weighted by Gasteiger charge is -2.26. The van der Waals surface area contributed by atoms with Gasteiger partial charge in [0, 0.05) is 0 Å². The molecule has 0 aliphatic carbocycles. The van der Waals surface area contributed by atoms with Crippen LogP contribution in [0.4, 0.5) is 0 Å². The number of rotatable bonds is 6. The van der Waals surface area contributed by atoms with E-state index in [4.69, 9.17) is 18.9 Å². The van der Waals surface area contributed by atoms with E-state index in [2.05, 4.69) is 42.3 Å². The van der Waals surface area contributed by atoms with Gasteiger partial charge < -0.3 is 75.9 Å². The number of quaternary nitrogens is 2. The van der Waals surface area contributed by atoms with Crippen LogP contribution < -0.4 is 48.0 Å². The molecule has 0 amide bonds. The quantitative estimate of drug-likeness (QED) is 0.182. The van der Waals surface area contributed by atoms with Crippen LogP contribution in [0.25, 0.3) is 0 Å². The summed E-state index contributed by atoms with van der Waals surface area (Å²) in [6.45, 7) is 3.15. The maximum Gasteiger partial charge on any atom is 0.177 e. The van der Waals surface area contributed by atoms with Crippen molar-refractivity contribution in [3.05, 3.63) is 12.2 Å². The van der Waals surface area contributed by atoms with Gasteiger partial charge in [-0.1, -0.05) is 0 Å². The Morgan fingerprint density at radius 3 is 1.33 bits per heavy atom. The summed E-state index contributed by atoms with van der Waals surface area (Å²) in [4.78, 5) is 0. The zero-order valence-electron chi connectivity index (χ0n) is 15.6. The fourth-order valence-corrected chi connectivity index (χ4v) is 2.74. The molecule has 2 saturated heterocycles. The van der Waals surface area contributed by atoms with Crippen molar-refractivity contribution >= 4 is 0 Å². The highest BCUT2D eigenvalue weighted by molar-refractivity contribution is 4.92. The normalized spacial score (nSPS) is 31.1. The first-order valence-corrected chi connectivity index (χ1v) is 7.94. The molecule has 4 unspecified atom stereocenters. The minimum Gasteiger partial charge on any atom is -1.00 e. The lowest BCUT2D eigenvalue weighted by Crippen LogP contribution is -3.00. The third kappa shape index (κ3) is 9.60. The predicted octanol–water partition coefficient (Wildman–Crippen LogP) is -5.55. The van der Waals surface area contributed by atoms with Gasteiger partial charge in [-0.2, -0.15) is 0 Å². The van der Waals surface area contributed by atoms with E-state index in [0.29, 0.717) is 13.2 Å². The fourth-order valence-electron chi connectivity index (χ4n) is 2.74. The summed E-state index contributed by atoms with van der Waals surface area (Å²) < 4.78 is 24.8. The van der Waals surface area contributed by atoms with E-state index in [1.807, 2.05) is 12.2 Å². The van der Waals surface area contributed by atoms with Crippen LogP contribution >= 0.6 is 0 Å². The van der Waals surface area contributed by atoms with Crippen molar-refractivity contribution in [3.63, 3.8) is 0 Å². The van der Waals surface area contributed by atoms with Crippen LogP contribution in [0.2, 0.25) is 0 Å². The van der Waals surface area contributed by atoms with Crippen LogP contribution in [-0.2, 0) is 18.9 Å². The smallest absolute Gasteiger partial charge is 0.177 e. The molecule has 2 fully saturated rings. The first-order chi connectivity index (χ1) is 10.1. The summed E-state index contributed by atoms with van der Waals surface area (Å²) in [5.74, 6) is 0. The van der Waals surface area contributed by atoms with E-state index in [1.54, 1.807) is 0 Å². The van der Waals surface area contributed by atoms with Crippen molar-refractivity contribution in [2.24, 2.45) is 0 Å². The van der Waals surface area contributed by atoms with Crippen LogP contribution in [0.3, 0.4) is 0 Å². The van der Waals surface area contributed by atoms with Gasteiger partial charge in [-0.15, -0.1) is 0 Å². The monoisotopic (exact) mass is 570 g/mol. The fraction of sp³-hybridized carbons (Fsp3) is 0.875. The Bertz CT molecular complexity index is 361. The minimum absolute atomic E-state index is 0. The first kappa shape index (κ1) is 25.0. The maximum atomic E-state index is 5.87. The lowest BCUT2D eigenvalue weighted by molar-refractivity contribution is -0.873. The van der Waals surface area contributed by atoms with Gasteiger partial charge in [0.2, 0.25) is 0 Å². The van der Waals surface area contributed by atoms with Gasteiger partial charge in [0.15, 0.2) is 12.6 Å². The van der Waals surface area contributed by atoms with Gasteiger partial charge in [0.1, 0.15) is 25.3 Å². The van der Waals surface area contributed by atoms with E-state index in [1.165, 1.54) is 0 Å². The topological polar surface area (TPSA) is 36.9 Å². The Labute approximate surface area is 180 Å². The molecule has 0 saturated carbocycles. The number of nitrogens with zero attached hydrogens (tertiary/aromatic N) is 2. The van der Waals surface area contributed by atoms with E-state index in [-0.39, 0.29) is 72.7 Å². The second-order valence-electron chi connectivity index (χ2n) is 8.25. The van der Waals surface area contributed by atoms with Crippen molar-refractivity contribution in [2.75, 3.05) is 68.6 Å². The molecule has 4 atom stereocenters. The molecule has 2 aliphatic heterocycles. The van der Waals surface area contributed by atoms with Crippen LogP contribution in [0.1, 0.15) is 0 Å². The van der Waals surface area contributed by atoms with Crippen LogP contribution in [0.5, 0.6) is 0 Å². The molecule has 6 nitrogen and oxygen atoms in total. The SMILES string of the molecule is C[N+](C)(C)CC1COC(C=CC2OCC(C[N+](C)(C)C)O2)O1.[I-].[I-]. The molecule has 0 radical (unpaired) electrons. The second-order valence-corrected chi connectivity index (χ2v) is 8.25. The molecule has 2 aliphatic rings. The zero-order valence-corrected chi connectivity index (χ0v) is 19.9. The van der Waals surface area contributed by atoms with Crippen molar-refractivity contribution in [1.29, 1.82) is 0 Å². The van der Waals surface area contributed by atoms with Crippen molar-refractivity contribution in [3.8, 4) is 0 Å². The molecule has 0 spiro atoms. The molecule has 0 N–H and O–H groups in total. The second kappa shape index (κ2) is 10.3. The van der Waals surface area contributed by atoms with Crippen LogP contribution in [-0.4, -0.2) is 102 Å². The van der Waals surface area contributed by atoms with E-state index in [0.717, 1.165) is 22.1 Å². The number of halogens is 2. The molecule has 24 heavy (non-hydrogen) atoms. The van der Waals surface area contributed by atoms with E-state index < -0.39 is 0 Å². The minimum atomic E-state index is -0.291. The summed E-state index contributed by atoms with van der Waals surface area (Å²) in [5, 5.41) is 0. The molecule has 2 heterocycles. The van der Waals surface area contributed by atoms with Crippen LogP contribution in [0.15, 0.2) is 12.2 Å². The summed E-state index contributed by atoms with van der Waals surface area (Å²) >= 11 is 0. The number of hydrogen-bond donors (Lipinski definition) is 0. The molecule has 8 heteroatoms. The Kier molecular flexibility index (Phi) is 10.7. The molecule has 0 aromatic heterocycles. The van der Waals surface area contributed by atoms with E-state index in [9.17, 15) is 0 Å². The average molecular weight is 570 g/mol. The van der Waals surface area contributed by atoms with Gasteiger partial charge in [-0.25, -0.2) is 0 Å². The van der Waals surface area contributed by atoms with Crippen molar-refractivity contribution in [2.45, 2.75) is 24.8 Å². The third-order valence-corrected chi connectivity index (χ3v) is 3.47. The molecule has 2 rings (SSSR count). The first-order valence-electron chi connectivity index (χ1n) is 7.94. The lowest BCUT2D eigenvalue weighted by atomic mass is 10.3. The Morgan fingerprint density at radius 1 is 0.708 bits per heavy atom. The molecule has 0 aromatic carbocycles. The summed E-state index contributed by atoms with van der Waals surface area (Å²) in [5.41, 5.74) is 0. The average Bonchev–Trinajstić information content (AvgIpc) is 2.92. The predicted molar refractivity (Wildman–Crippen MR) is 84.2 cm³/mol. The van der Waals surface area contributed by atoms with Crippen molar-refractivity contribution in [1.82, 2.24) is 0 Å². The number of ether oxygens (including phenoxy) is 4. The maximum absolute atomic E-state index is 5.87. The molecule has 144 valence electrons. The highest BCUT2D eigenvalue weighted by Crippen LogP contribution is 2.18. The summed E-state index contributed by atoms with van der Waals surface area (Å²) in [6.07, 6.45) is 3.50. The van der Waals surface area contributed by atoms with Crippen LogP contribution in [0, 0.1) is 0 Å². The Balaban J connectivity index is 0.00000264. The Hall–Kier alpha value is 0.960. The Morgan fingerprint density at radius 2 is 1.04 bits per heavy atom. The van der Waals surface area contributed by atoms with Crippen molar-refractivity contribution < 1.29 is 75.9 Å². The highest BCUT2D eigenvalue weighted by atomic mass is 127. The summed E-state index contributed by atoms with van der Waals surface area (Å²) in [6, 6.07) is 0. The zero-order chi connectivity index (χ0) is 16.4. The van der Waals surface area contributed by atoms with Gasteiger partial charge in [-0.05, 0) is 12.2 Å². The molecular formula is C16H32I2N2O4. The van der Waals surface area contributed by atoms with E-state index >= 15 is 0 Å².